The third-order valence-electron chi connectivity index (χ3n) is 3.85. The molecule has 2 rings (SSSR count). The van der Waals surface area contributed by atoms with Crippen LogP contribution in [0.15, 0.2) is 0 Å². The van der Waals surface area contributed by atoms with Crippen molar-refractivity contribution in [1.29, 1.82) is 0 Å². The lowest BCUT2D eigenvalue weighted by Crippen LogP contribution is -2.55. The van der Waals surface area contributed by atoms with E-state index in [1.807, 2.05) is 13.8 Å². The third kappa shape index (κ3) is 3.46. The molecule has 0 radical (unpaired) electrons. The number of ether oxygens (including phenoxy) is 1. The summed E-state index contributed by atoms with van der Waals surface area (Å²) in [5, 5.41) is 0. The van der Waals surface area contributed by atoms with Crippen molar-refractivity contribution >= 4 is 10.2 Å². The second-order valence-corrected chi connectivity index (χ2v) is 7.61. The van der Waals surface area contributed by atoms with Gasteiger partial charge in [-0.2, -0.15) is 17.0 Å². The topological polar surface area (TPSA) is 75.9 Å². The minimum absolute atomic E-state index is 0.0476. The van der Waals surface area contributed by atoms with Crippen LogP contribution in [0.2, 0.25) is 0 Å². The van der Waals surface area contributed by atoms with Gasteiger partial charge in [-0.3, -0.25) is 0 Å². The summed E-state index contributed by atoms with van der Waals surface area (Å²) in [6.45, 7) is 6.43. The molecule has 0 saturated carbocycles. The zero-order valence-corrected chi connectivity index (χ0v) is 12.6. The fourth-order valence-electron chi connectivity index (χ4n) is 2.91. The van der Waals surface area contributed by atoms with E-state index < -0.39 is 10.2 Å². The Morgan fingerprint density at radius 3 is 2.37 bits per heavy atom. The Morgan fingerprint density at radius 1 is 1.16 bits per heavy atom. The molecule has 0 amide bonds. The van der Waals surface area contributed by atoms with Crippen LogP contribution in [0.25, 0.3) is 0 Å². The normalized spacial score (nSPS) is 35.4. The zero-order chi connectivity index (χ0) is 14.0. The molecular weight excluding hydrogens is 266 g/mol. The number of piperidine rings is 1. The van der Waals surface area contributed by atoms with E-state index in [1.165, 1.54) is 0 Å². The summed E-state index contributed by atoms with van der Waals surface area (Å²) in [5.41, 5.74) is 5.68. The minimum atomic E-state index is -3.36. The van der Waals surface area contributed by atoms with Crippen LogP contribution in [0.5, 0.6) is 0 Å². The van der Waals surface area contributed by atoms with Gasteiger partial charge in [0.1, 0.15) is 0 Å². The Morgan fingerprint density at radius 2 is 1.79 bits per heavy atom. The molecule has 0 bridgehead atoms. The van der Waals surface area contributed by atoms with Gasteiger partial charge in [-0.15, -0.1) is 0 Å². The van der Waals surface area contributed by atoms with E-state index in [0.717, 1.165) is 12.8 Å². The van der Waals surface area contributed by atoms with Crippen molar-refractivity contribution in [2.24, 2.45) is 11.7 Å². The van der Waals surface area contributed by atoms with Crippen molar-refractivity contribution in [3.8, 4) is 0 Å². The quantitative estimate of drug-likeness (QED) is 0.795. The summed E-state index contributed by atoms with van der Waals surface area (Å²) >= 11 is 0. The summed E-state index contributed by atoms with van der Waals surface area (Å²) in [6.07, 6.45) is 1.83. The second kappa shape index (κ2) is 6.05. The molecule has 3 atom stereocenters. The van der Waals surface area contributed by atoms with Crippen molar-refractivity contribution in [2.75, 3.05) is 32.7 Å². The molecule has 19 heavy (non-hydrogen) atoms. The van der Waals surface area contributed by atoms with Crippen molar-refractivity contribution in [2.45, 2.75) is 38.9 Å². The highest BCUT2D eigenvalue weighted by atomic mass is 32.2. The van der Waals surface area contributed by atoms with Gasteiger partial charge in [0.25, 0.3) is 10.2 Å². The van der Waals surface area contributed by atoms with E-state index >= 15 is 0 Å². The fraction of sp³-hybridized carbons (Fsp3) is 1.00. The van der Waals surface area contributed by atoms with Crippen molar-refractivity contribution < 1.29 is 13.2 Å². The summed E-state index contributed by atoms with van der Waals surface area (Å²) in [7, 11) is -3.36. The first kappa shape index (κ1) is 15.2. The Hall–Kier alpha value is -0.210. The Labute approximate surface area is 116 Å². The van der Waals surface area contributed by atoms with Gasteiger partial charge in [0, 0.05) is 26.2 Å². The van der Waals surface area contributed by atoms with Gasteiger partial charge in [-0.05, 0) is 39.2 Å². The molecule has 0 aromatic heterocycles. The molecule has 2 aliphatic rings. The van der Waals surface area contributed by atoms with Gasteiger partial charge in [0.05, 0.1) is 12.2 Å². The first-order valence-electron chi connectivity index (χ1n) is 7.04. The highest BCUT2D eigenvalue weighted by Gasteiger charge is 2.37. The van der Waals surface area contributed by atoms with Crippen LogP contribution >= 0.6 is 0 Å². The Bertz CT molecular complexity index is 391. The standard InChI is InChI=1S/C12H25N3O3S/c1-10-7-15(8-11(2)18-10)19(16,17)14-5-3-4-12(6-13)9-14/h10-12H,3-9,13H2,1-2H3/t10-,11+,12?. The Kier molecular flexibility index (Phi) is 4.84. The monoisotopic (exact) mass is 291 g/mol. The molecule has 0 spiro atoms. The molecule has 2 aliphatic heterocycles. The smallest absolute Gasteiger partial charge is 0.282 e. The van der Waals surface area contributed by atoms with Gasteiger partial charge < -0.3 is 10.5 Å². The minimum Gasteiger partial charge on any atom is -0.373 e. The molecular formula is C12H25N3O3S. The maximum absolute atomic E-state index is 12.6. The van der Waals surface area contributed by atoms with Gasteiger partial charge >= 0.3 is 0 Å². The number of nitrogens with zero attached hydrogens (tertiary/aromatic N) is 2. The van der Waals surface area contributed by atoms with Crippen LogP contribution in [0.4, 0.5) is 0 Å². The molecule has 6 nitrogen and oxygen atoms in total. The molecule has 0 aliphatic carbocycles. The second-order valence-electron chi connectivity index (χ2n) is 5.68. The largest absolute Gasteiger partial charge is 0.373 e. The van der Waals surface area contributed by atoms with E-state index in [-0.39, 0.29) is 12.2 Å². The maximum Gasteiger partial charge on any atom is 0.282 e. The summed E-state index contributed by atoms with van der Waals surface area (Å²) in [6, 6.07) is 0. The molecule has 2 heterocycles. The lowest BCUT2D eigenvalue weighted by atomic mass is 10.0. The number of hydrogen-bond acceptors (Lipinski definition) is 4. The van der Waals surface area contributed by atoms with Gasteiger partial charge in [0.2, 0.25) is 0 Å². The lowest BCUT2D eigenvalue weighted by Gasteiger charge is -2.39. The number of rotatable bonds is 3. The van der Waals surface area contributed by atoms with Gasteiger partial charge in [0.15, 0.2) is 0 Å². The van der Waals surface area contributed by atoms with Crippen LogP contribution in [-0.4, -0.2) is 62.0 Å². The van der Waals surface area contributed by atoms with E-state index in [0.29, 0.717) is 38.6 Å². The predicted octanol–water partition coefficient (Wildman–Crippen LogP) is 0.0111. The summed E-state index contributed by atoms with van der Waals surface area (Å²) in [4.78, 5) is 0. The maximum atomic E-state index is 12.6. The SMILES string of the molecule is C[C@@H]1CN(S(=O)(=O)N2CCCC(CN)C2)C[C@H](C)O1. The number of hydrogen-bond donors (Lipinski definition) is 1. The summed E-state index contributed by atoms with van der Waals surface area (Å²) < 4.78 is 34.1. The average molecular weight is 291 g/mol. The van der Waals surface area contributed by atoms with Crippen LogP contribution in [0.1, 0.15) is 26.7 Å². The van der Waals surface area contributed by atoms with Gasteiger partial charge in [-0.25, -0.2) is 0 Å². The number of nitrogens with two attached hydrogens (primary N) is 1. The predicted molar refractivity (Wildman–Crippen MR) is 73.9 cm³/mol. The number of morpholine rings is 1. The van der Waals surface area contributed by atoms with Crippen LogP contribution in [-0.2, 0) is 14.9 Å². The highest BCUT2D eigenvalue weighted by molar-refractivity contribution is 7.86. The molecule has 7 heteroatoms. The average Bonchev–Trinajstić information content (AvgIpc) is 2.37. The van der Waals surface area contributed by atoms with Crippen molar-refractivity contribution in [3.05, 3.63) is 0 Å². The third-order valence-corrected chi connectivity index (χ3v) is 5.79. The first-order chi connectivity index (χ1) is 8.93. The van der Waals surface area contributed by atoms with Gasteiger partial charge in [-0.1, -0.05) is 0 Å². The fourth-order valence-corrected chi connectivity index (χ4v) is 4.79. The molecule has 2 fully saturated rings. The molecule has 0 aromatic rings. The molecule has 2 N–H and O–H groups in total. The van der Waals surface area contributed by atoms with Crippen LogP contribution in [0, 0.1) is 5.92 Å². The molecule has 1 unspecified atom stereocenters. The van der Waals surface area contributed by atoms with E-state index in [9.17, 15) is 8.42 Å². The highest BCUT2D eigenvalue weighted by Crippen LogP contribution is 2.23. The van der Waals surface area contributed by atoms with E-state index in [4.69, 9.17) is 10.5 Å². The molecule has 112 valence electrons. The van der Waals surface area contributed by atoms with Crippen LogP contribution in [0.3, 0.4) is 0 Å². The first-order valence-corrected chi connectivity index (χ1v) is 8.44. The van der Waals surface area contributed by atoms with Crippen molar-refractivity contribution in [3.63, 3.8) is 0 Å². The lowest BCUT2D eigenvalue weighted by molar-refractivity contribution is -0.0457. The van der Waals surface area contributed by atoms with E-state index in [2.05, 4.69) is 0 Å². The zero-order valence-electron chi connectivity index (χ0n) is 11.8. The van der Waals surface area contributed by atoms with E-state index in [1.54, 1.807) is 8.61 Å². The van der Waals surface area contributed by atoms with Crippen LogP contribution < -0.4 is 5.73 Å². The molecule has 2 saturated heterocycles. The van der Waals surface area contributed by atoms with Crippen molar-refractivity contribution in [1.82, 2.24) is 8.61 Å². The summed E-state index contributed by atoms with van der Waals surface area (Å²) in [5.74, 6) is 0.291. The molecule has 0 aromatic carbocycles. The Balaban J connectivity index is 2.08.